The molecule has 2 bridgehead atoms. The third-order valence-corrected chi connectivity index (χ3v) is 8.42. The van der Waals surface area contributed by atoms with Crippen LogP contribution in [0.5, 0.6) is 11.5 Å². The summed E-state index contributed by atoms with van der Waals surface area (Å²) in [6.07, 6.45) is 7.96. The van der Waals surface area contributed by atoms with Crippen molar-refractivity contribution in [3.05, 3.63) is 41.5 Å². The van der Waals surface area contributed by atoms with Crippen LogP contribution in [0.4, 0.5) is 0 Å². The number of methoxy groups -OCH3 is 2. The molecule has 2 aromatic carbocycles. The van der Waals surface area contributed by atoms with Crippen LogP contribution in [-0.2, 0) is 0 Å². The highest BCUT2D eigenvalue weighted by Crippen LogP contribution is 2.37. The summed E-state index contributed by atoms with van der Waals surface area (Å²) in [5.41, 5.74) is 5.87. The minimum absolute atomic E-state index is 0.630. The smallest absolute Gasteiger partial charge is 0.161 e. The third kappa shape index (κ3) is 3.97. The molecule has 3 fully saturated rings. The molecular formula is C28H36N4O2. The Morgan fingerprint density at radius 2 is 1.65 bits per heavy atom. The van der Waals surface area contributed by atoms with Gasteiger partial charge in [0.15, 0.2) is 11.5 Å². The van der Waals surface area contributed by atoms with E-state index in [9.17, 15) is 0 Å². The highest BCUT2D eigenvalue weighted by atomic mass is 16.5. The Hall–Kier alpha value is -2.57. The average molecular weight is 461 g/mol. The number of H-pyrrole nitrogens is 1. The number of aromatic nitrogens is 2. The Kier molecular flexibility index (Phi) is 5.74. The van der Waals surface area contributed by atoms with Crippen LogP contribution < -0.4 is 14.8 Å². The number of aryl methyl sites for hydroxylation is 1. The van der Waals surface area contributed by atoms with Crippen molar-refractivity contribution in [2.45, 2.75) is 69.5 Å². The number of piperidine rings is 2. The second-order valence-electron chi connectivity index (χ2n) is 10.5. The predicted octanol–water partition coefficient (Wildman–Crippen LogP) is 5.02. The summed E-state index contributed by atoms with van der Waals surface area (Å²) in [4.78, 5) is 11.3. The minimum Gasteiger partial charge on any atom is -0.493 e. The molecule has 0 aliphatic carbocycles. The maximum Gasteiger partial charge on any atom is 0.161 e. The lowest BCUT2D eigenvalue weighted by Crippen LogP contribution is -2.50. The third-order valence-electron chi connectivity index (χ3n) is 8.42. The molecule has 3 aliphatic heterocycles. The van der Waals surface area contributed by atoms with Crippen LogP contribution in [0.3, 0.4) is 0 Å². The highest BCUT2D eigenvalue weighted by Gasteiger charge is 2.37. The van der Waals surface area contributed by atoms with Crippen LogP contribution in [-0.4, -0.2) is 60.3 Å². The maximum atomic E-state index is 5.49. The molecule has 0 radical (unpaired) electrons. The van der Waals surface area contributed by atoms with E-state index in [4.69, 9.17) is 14.5 Å². The van der Waals surface area contributed by atoms with Gasteiger partial charge in [-0.2, -0.15) is 0 Å². The summed E-state index contributed by atoms with van der Waals surface area (Å²) in [5.74, 6) is 2.94. The van der Waals surface area contributed by atoms with Crippen LogP contribution in [0, 0.1) is 6.92 Å². The number of hydrogen-bond donors (Lipinski definition) is 2. The second-order valence-corrected chi connectivity index (χ2v) is 10.5. The van der Waals surface area contributed by atoms with Gasteiger partial charge >= 0.3 is 0 Å². The topological polar surface area (TPSA) is 62.4 Å². The van der Waals surface area contributed by atoms with Crippen molar-refractivity contribution in [2.75, 3.05) is 27.3 Å². The minimum atomic E-state index is 0.630. The van der Waals surface area contributed by atoms with Gasteiger partial charge in [0.05, 0.1) is 25.3 Å². The molecule has 1 aromatic heterocycles. The normalized spacial score (nSPS) is 25.7. The fraction of sp³-hybridized carbons (Fsp3) is 0.536. The molecule has 6 nitrogen and oxygen atoms in total. The van der Waals surface area contributed by atoms with Gasteiger partial charge in [-0.05, 0) is 99.8 Å². The van der Waals surface area contributed by atoms with Crippen molar-refractivity contribution in [3.8, 4) is 22.9 Å². The lowest BCUT2D eigenvalue weighted by atomic mass is 9.86. The number of nitrogens with zero attached hydrogens (tertiary/aromatic N) is 2. The summed E-state index contributed by atoms with van der Waals surface area (Å²) in [5, 5.41) is 3.79. The number of hydrogen-bond acceptors (Lipinski definition) is 5. The molecule has 6 rings (SSSR count). The molecule has 3 saturated heterocycles. The fourth-order valence-corrected chi connectivity index (χ4v) is 6.60. The summed E-state index contributed by atoms with van der Waals surface area (Å²) in [6, 6.07) is 13.0. The lowest BCUT2D eigenvalue weighted by molar-refractivity contribution is 0.111. The largest absolute Gasteiger partial charge is 0.493 e. The molecule has 2 unspecified atom stereocenters. The standard InChI is InChI=1S/C28H36N4O2/c1-17-12-20(18-8-10-32(11-9-18)23-15-21-5-6-22(16-23)29-21)13-24-27(17)31-28(30-24)19-4-7-25(33-2)26(14-19)34-3/h4,7,12-14,18,21-23,29H,5-6,8-11,15-16H2,1-3H3,(H,30,31). The van der Waals surface area contributed by atoms with Crippen molar-refractivity contribution < 1.29 is 9.47 Å². The molecular weight excluding hydrogens is 424 g/mol. The molecule has 0 amide bonds. The van der Waals surface area contributed by atoms with Crippen LogP contribution in [0.15, 0.2) is 30.3 Å². The molecule has 0 spiro atoms. The van der Waals surface area contributed by atoms with Gasteiger partial charge < -0.3 is 24.7 Å². The molecule has 0 saturated carbocycles. The zero-order valence-corrected chi connectivity index (χ0v) is 20.6. The second kappa shape index (κ2) is 8.90. The summed E-state index contributed by atoms with van der Waals surface area (Å²) in [6.45, 7) is 4.64. The zero-order valence-electron chi connectivity index (χ0n) is 20.6. The Balaban J connectivity index is 1.20. The number of nitrogens with one attached hydrogen (secondary N) is 2. The number of aromatic amines is 1. The SMILES string of the molecule is COc1ccc(-c2nc3c(C)cc(C4CCN(C5CC6CCC(C5)N6)CC4)cc3[nH]2)cc1OC. The summed E-state index contributed by atoms with van der Waals surface area (Å²) < 4.78 is 10.9. The zero-order chi connectivity index (χ0) is 23.2. The number of benzene rings is 2. The Bertz CT molecular complexity index is 1170. The summed E-state index contributed by atoms with van der Waals surface area (Å²) >= 11 is 0. The van der Waals surface area contributed by atoms with E-state index >= 15 is 0 Å². The molecule has 2 atom stereocenters. The first-order valence-electron chi connectivity index (χ1n) is 12.8. The fourth-order valence-electron chi connectivity index (χ4n) is 6.60. The van der Waals surface area contributed by atoms with E-state index in [-0.39, 0.29) is 0 Å². The van der Waals surface area contributed by atoms with Crippen molar-refractivity contribution in [1.29, 1.82) is 0 Å². The van der Waals surface area contributed by atoms with E-state index in [1.165, 1.54) is 62.7 Å². The van der Waals surface area contributed by atoms with Crippen molar-refractivity contribution in [3.63, 3.8) is 0 Å². The van der Waals surface area contributed by atoms with E-state index in [0.29, 0.717) is 11.7 Å². The number of ether oxygens (including phenoxy) is 2. The van der Waals surface area contributed by atoms with Crippen LogP contribution in [0.25, 0.3) is 22.4 Å². The monoisotopic (exact) mass is 460 g/mol. The maximum absolute atomic E-state index is 5.49. The van der Waals surface area contributed by atoms with Gasteiger partial charge in [0, 0.05) is 23.7 Å². The van der Waals surface area contributed by atoms with E-state index in [1.807, 2.05) is 18.2 Å². The number of likely N-dealkylation sites (tertiary alicyclic amines) is 1. The van der Waals surface area contributed by atoms with Crippen molar-refractivity contribution in [1.82, 2.24) is 20.2 Å². The number of fused-ring (bicyclic) bond motifs is 3. The van der Waals surface area contributed by atoms with Crippen LogP contribution >= 0.6 is 0 Å². The highest BCUT2D eigenvalue weighted by molar-refractivity contribution is 5.83. The molecule has 4 heterocycles. The number of rotatable bonds is 5. The van der Waals surface area contributed by atoms with Gasteiger partial charge in [0.2, 0.25) is 0 Å². The van der Waals surface area contributed by atoms with E-state index in [2.05, 4.69) is 34.3 Å². The molecule has 3 aliphatic rings. The van der Waals surface area contributed by atoms with E-state index < -0.39 is 0 Å². The first kappa shape index (κ1) is 21.9. The predicted molar refractivity (Wildman–Crippen MR) is 136 cm³/mol. The Morgan fingerprint density at radius 1 is 0.912 bits per heavy atom. The van der Waals surface area contributed by atoms with Crippen LogP contribution in [0.2, 0.25) is 0 Å². The number of imidazole rings is 1. The molecule has 6 heteroatoms. The van der Waals surface area contributed by atoms with Crippen molar-refractivity contribution in [2.24, 2.45) is 0 Å². The first-order valence-corrected chi connectivity index (χ1v) is 12.8. The van der Waals surface area contributed by atoms with Gasteiger partial charge in [0.1, 0.15) is 5.82 Å². The first-order chi connectivity index (χ1) is 16.6. The molecule has 3 aromatic rings. The van der Waals surface area contributed by atoms with Crippen LogP contribution in [0.1, 0.15) is 55.6 Å². The lowest BCUT2D eigenvalue weighted by Gasteiger charge is -2.41. The van der Waals surface area contributed by atoms with Gasteiger partial charge in [-0.1, -0.05) is 6.07 Å². The molecule has 34 heavy (non-hydrogen) atoms. The quantitative estimate of drug-likeness (QED) is 0.560. The van der Waals surface area contributed by atoms with Crippen molar-refractivity contribution >= 4 is 11.0 Å². The Labute approximate surface area is 202 Å². The van der Waals surface area contributed by atoms with Gasteiger partial charge in [-0.15, -0.1) is 0 Å². The average Bonchev–Trinajstić information content (AvgIpc) is 3.46. The van der Waals surface area contributed by atoms with Gasteiger partial charge in [-0.25, -0.2) is 4.98 Å². The van der Waals surface area contributed by atoms with Gasteiger partial charge in [0.25, 0.3) is 0 Å². The van der Waals surface area contributed by atoms with E-state index in [0.717, 1.165) is 46.3 Å². The summed E-state index contributed by atoms with van der Waals surface area (Å²) in [7, 11) is 3.32. The van der Waals surface area contributed by atoms with Gasteiger partial charge in [-0.3, -0.25) is 0 Å². The molecule has 180 valence electrons. The molecule has 2 N–H and O–H groups in total. The van der Waals surface area contributed by atoms with E-state index in [1.54, 1.807) is 14.2 Å². The Morgan fingerprint density at radius 3 is 2.35 bits per heavy atom.